The molecule has 162 valence electrons. The van der Waals surface area contributed by atoms with E-state index in [0.717, 1.165) is 16.9 Å². The molecule has 1 unspecified atom stereocenters. The van der Waals surface area contributed by atoms with E-state index in [0.29, 0.717) is 26.0 Å². The predicted octanol–water partition coefficient (Wildman–Crippen LogP) is 4.40. The minimum atomic E-state index is -0.544. The third-order valence-electron chi connectivity index (χ3n) is 5.02. The molecule has 0 saturated carbocycles. The van der Waals surface area contributed by atoms with Crippen LogP contribution >= 0.6 is 0 Å². The van der Waals surface area contributed by atoms with Gasteiger partial charge in [0.15, 0.2) is 0 Å². The standard InChI is InChI=1S/C25H34N2O3/c1-18(2)26-25(29)21(5)27(17-22-10-7-6-9-20(22)4)24(28)11-8-16-30-23-14-12-19(3)13-15-23/h6-7,9-10,12-15,18,21H,8,11,16-17H2,1-5H3,(H,26,29). The number of ether oxygens (including phenoxy) is 1. The minimum absolute atomic E-state index is 0.0262. The van der Waals surface area contributed by atoms with Crippen molar-refractivity contribution in [1.29, 1.82) is 0 Å². The number of hydrogen-bond acceptors (Lipinski definition) is 3. The van der Waals surface area contributed by atoms with Gasteiger partial charge in [-0.15, -0.1) is 0 Å². The Morgan fingerprint density at radius 1 is 1.00 bits per heavy atom. The van der Waals surface area contributed by atoms with E-state index in [1.54, 1.807) is 11.8 Å². The van der Waals surface area contributed by atoms with E-state index < -0.39 is 6.04 Å². The first-order valence-corrected chi connectivity index (χ1v) is 10.6. The molecule has 0 saturated heterocycles. The van der Waals surface area contributed by atoms with Crippen molar-refractivity contribution >= 4 is 11.8 Å². The molecule has 2 aromatic carbocycles. The van der Waals surface area contributed by atoms with Crippen LogP contribution in [-0.4, -0.2) is 35.4 Å². The molecule has 1 N–H and O–H groups in total. The van der Waals surface area contributed by atoms with Crippen LogP contribution in [0.2, 0.25) is 0 Å². The molecule has 0 aromatic heterocycles. The Morgan fingerprint density at radius 2 is 1.67 bits per heavy atom. The number of carbonyl (C=O) groups is 2. The largest absolute Gasteiger partial charge is 0.494 e. The van der Waals surface area contributed by atoms with Crippen LogP contribution in [0, 0.1) is 13.8 Å². The molecule has 0 bridgehead atoms. The van der Waals surface area contributed by atoms with Crippen molar-refractivity contribution in [2.24, 2.45) is 0 Å². The normalized spacial score (nSPS) is 11.8. The number of hydrogen-bond donors (Lipinski definition) is 1. The number of amides is 2. The second-order valence-electron chi connectivity index (χ2n) is 8.05. The zero-order valence-corrected chi connectivity index (χ0v) is 18.8. The Kier molecular flexibility index (Phi) is 8.90. The Balaban J connectivity index is 2.00. The number of aryl methyl sites for hydroxylation is 2. The van der Waals surface area contributed by atoms with Gasteiger partial charge in [0, 0.05) is 19.0 Å². The topological polar surface area (TPSA) is 58.6 Å². The maximum atomic E-state index is 13.0. The van der Waals surface area contributed by atoms with Crippen molar-refractivity contribution < 1.29 is 14.3 Å². The monoisotopic (exact) mass is 410 g/mol. The van der Waals surface area contributed by atoms with Crippen molar-refractivity contribution in [3.8, 4) is 5.75 Å². The molecule has 2 aromatic rings. The van der Waals surface area contributed by atoms with Crippen LogP contribution in [0.25, 0.3) is 0 Å². The molecule has 0 radical (unpaired) electrons. The zero-order valence-electron chi connectivity index (χ0n) is 18.8. The summed E-state index contributed by atoms with van der Waals surface area (Å²) >= 11 is 0. The van der Waals surface area contributed by atoms with Crippen LogP contribution in [0.4, 0.5) is 0 Å². The summed E-state index contributed by atoms with van der Waals surface area (Å²) in [6, 6.07) is 15.3. The van der Waals surface area contributed by atoms with Crippen molar-refractivity contribution in [2.45, 2.75) is 66.1 Å². The SMILES string of the molecule is Cc1ccc(OCCCC(=O)N(Cc2ccccc2C)C(C)C(=O)NC(C)C)cc1. The molecule has 1 atom stereocenters. The lowest BCUT2D eigenvalue weighted by atomic mass is 10.1. The summed E-state index contributed by atoms with van der Waals surface area (Å²) in [6.07, 6.45) is 0.923. The summed E-state index contributed by atoms with van der Waals surface area (Å²) in [6.45, 7) is 10.5. The molecular weight excluding hydrogens is 376 g/mol. The van der Waals surface area contributed by atoms with Gasteiger partial charge in [-0.3, -0.25) is 9.59 Å². The van der Waals surface area contributed by atoms with Gasteiger partial charge in [0.05, 0.1) is 6.61 Å². The van der Waals surface area contributed by atoms with Crippen LogP contribution in [-0.2, 0) is 16.1 Å². The van der Waals surface area contributed by atoms with Crippen molar-refractivity contribution in [3.05, 3.63) is 65.2 Å². The summed E-state index contributed by atoms with van der Waals surface area (Å²) in [5.41, 5.74) is 3.33. The zero-order chi connectivity index (χ0) is 22.1. The molecule has 0 aliphatic rings. The average Bonchev–Trinajstić information content (AvgIpc) is 2.70. The Labute approximate surface area is 180 Å². The van der Waals surface area contributed by atoms with Gasteiger partial charge in [-0.1, -0.05) is 42.0 Å². The van der Waals surface area contributed by atoms with Gasteiger partial charge in [0.25, 0.3) is 0 Å². The smallest absolute Gasteiger partial charge is 0.242 e. The molecule has 5 nitrogen and oxygen atoms in total. The fourth-order valence-electron chi connectivity index (χ4n) is 3.15. The average molecular weight is 411 g/mol. The lowest BCUT2D eigenvalue weighted by Crippen LogP contribution is -2.49. The molecule has 30 heavy (non-hydrogen) atoms. The lowest BCUT2D eigenvalue weighted by Gasteiger charge is -2.30. The van der Waals surface area contributed by atoms with Crippen molar-refractivity contribution in [1.82, 2.24) is 10.2 Å². The summed E-state index contributed by atoms with van der Waals surface area (Å²) in [4.78, 5) is 27.3. The van der Waals surface area contributed by atoms with Gasteiger partial charge < -0.3 is 15.0 Å². The number of carbonyl (C=O) groups excluding carboxylic acids is 2. The molecule has 0 heterocycles. The molecular formula is C25H34N2O3. The second-order valence-corrected chi connectivity index (χ2v) is 8.05. The van der Waals surface area contributed by atoms with Crippen LogP contribution in [0.1, 0.15) is 50.3 Å². The molecule has 5 heteroatoms. The fraction of sp³-hybridized carbons (Fsp3) is 0.440. The molecule has 2 rings (SSSR count). The molecule has 2 amide bonds. The first-order chi connectivity index (χ1) is 14.3. The summed E-state index contributed by atoms with van der Waals surface area (Å²) in [5.74, 6) is 0.620. The predicted molar refractivity (Wildman–Crippen MR) is 120 cm³/mol. The van der Waals surface area contributed by atoms with E-state index in [1.807, 2.05) is 76.2 Å². The van der Waals surface area contributed by atoms with Crippen molar-refractivity contribution in [2.75, 3.05) is 6.61 Å². The highest BCUT2D eigenvalue weighted by molar-refractivity contribution is 5.87. The third kappa shape index (κ3) is 7.21. The van der Waals surface area contributed by atoms with Crippen LogP contribution < -0.4 is 10.1 Å². The highest BCUT2D eigenvalue weighted by Gasteiger charge is 2.26. The Hall–Kier alpha value is -2.82. The maximum Gasteiger partial charge on any atom is 0.242 e. The fourth-order valence-corrected chi connectivity index (χ4v) is 3.15. The van der Waals surface area contributed by atoms with Gasteiger partial charge in [0.1, 0.15) is 11.8 Å². The maximum absolute atomic E-state index is 13.0. The van der Waals surface area contributed by atoms with Gasteiger partial charge in [-0.05, 0) is 64.3 Å². The van der Waals surface area contributed by atoms with Crippen LogP contribution in [0.5, 0.6) is 5.75 Å². The highest BCUT2D eigenvalue weighted by atomic mass is 16.5. The summed E-state index contributed by atoms with van der Waals surface area (Å²) in [5, 5.41) is 2.91. The number of benzene rings is 2. The van der Waals surface area contributed by atoms with Gasteiger partial charge >= 0.3 is 0 Å². The van der Waals surface area contributed by atoms with E-state index in [9.17, 15) is 9.59 Å². The Morgan fingerprint density at radius 3 is 2.30 bits per heavy atom. The van der Waals surface area contributed by atoms with E-state index in [2.05, 4.69) is 5.32 Å². The molecule has 0 aliphatic heterocycles. The quantitative estimate of drug-likeness (QED) is 0.591. The van der Waals surface area contributed by atoms with Crippen molar-refractivity contribution in [3.63, 3.8) is 0 Å². The number of nitrogens with zero attached hydrogens (tertiary/aromatic N) is 1. The van der Waals surface area contributed by atoms with E-state index >= 15 is 0 Å². The molecule has 0 fully saturated rings. The first kappa shape index (κ1) is 23.5. The van der Waals surface area contributed by atoms with Gasteiger partial charge in [0.2, 0.25) is 11.8 Å². The van der Waals surface area contributed by atoms with Gasteiger partial charge in [-0.25, -0.2) is 0 Å². The minimum Gasteiger partial charge on any atom is -0.494 e. The summed E-state index contributed by atoms with van der Waals surface area (Å²) in [7, 11) is 0. The lowest BCUT2D eigenvalue weighted by molar-refractivity contribution is -0.141. The van der Waals surface area contributed by atoms with E-state index in [-0.39, 0.29) is 17.9 Å². The second kappa shape index (κ2) is 11.4. The number of rotatable bonds is 10. The number of nitrogens with one attached hydrogen (secondary N) is 1. The molecule has 0 aliphatic carbocycles. The van der Waals surface area contributed by atoms with Crippen LogP contribution in [0.3, 0.4) is 0 Å². The highest BCUT2D eigenvalue weighted by Crippen LogP contribution is 2.16. The Bertz CT molecular complexity index is 831. The summed E-state index contributed by atoms with van der Waals surface area (Å²) < 4.78 is 5.74. The van der Waals surface area contributed by atoms with Gasteiger partial charge in [-0.2, -0.15) is 0 Å². The first-order valence-electron chi connectivity index (χ1n) is 10.6. The van der Waals surface area contributed by atoms with Crippen LogP contribution in [0.15, 0.2) is 48.5 Å². The van der Waals surface area contributed by atoms with E-state index in [4.69, 9.17) is 4.74 Å². The molecule has 0 spiro atoms. The third-order valence-corrected chi connectivity index (χ3v) is 5.02. The van der Waals surface area contributed by atoms with E-state index in [1.165, 1.54) is 5.56 Å².